The van der Waals surface area contributed by atoms with E-state index in [9.17, 15) is 4.79 Å². The van der Waals surface area contributed by atoms with Crippen LogP contribution in [0.2, 0.25) is 0 Å². The van der Waals surface area contributed by atoms with E-state index in [4.69, 9.17) is 5.73 Å². The quantitative estimate of drug-likeness (QED) is 0.722. The van der Waals surface area contributed by atoms with E-state index < -0.39 is 5.91 Å². The summed E-state index contributed by atoms with van der Waals surface area (Å²) >= 11 is 0. The molecule has 0 radical (unpaired) electrons. The van der Waals surface area contributed by atoms with Crippen molar-refractivity contribution in [3.8, 4) is 0 Å². The minimum Gasteiger partial charge on any atom is -0.366 e. The number of rotatable bonds is 3. The second-order valence-corrected chi connectivity index (χ2v) is 4.94. The average molecular weight is 277 g/mol. The van der Waals surface area contributed by atoms with Crippen LogP contribution in [-0.2, 0) is 4.79 Å². The van der Waals surface area contributed by atoms with Crippen molar-refractivity contribution >= 4 is 28.6 Å². The first-order valence-electron chi connectivity index (χ1n) is 6.66. The van der Waals surface area contributed by atoms with Gasteiger partial charge in [-0.3, -0.25) is 4.79 Å². The fourth-order valence-corrected chi connectivity index (χ4v) is 2.36. The first-order valence-corrected chi connectivity index (χ1v) is 6.66. The number of benzene rings is 1. The molecule has 0 unspecified atom stereocenters. The van der Waals surface area contributed by atoms with Gasteiger partial charge in [-0.25, -0.2) is 4.98 Å². The van der Waals surface area contributed by atoms with Crippen molar-refractivity contribution in [2.45, 2.75) is 6.92 Å². The molecule has 2 aromatic heterocycles. The van der Waals surface area contributed by atoms with Crippen molar-refractivity contribution in [2.75, 3.05) is 0 Å². The Kier molecular flexibility index (Phi) is 3.28. The molecule has 104 valence electrons. The van der Waals surface area contributed by atoms with E-state index in [0.717, 1.165) is 27.7 Å². The first kappa shape index (κ1) is 13.1. The molecule has 2 heterocycles. The monoisotopic (exact) mass is 277 g/mol. The summed E-state index contributed by atoms with van der Waals surface area (Å²) in [6.45, 7) is 1.98. The number of aromatic nitrogens is 2. The Bertz CT molecular complexity index is 846. The molecule has 4 heteroatoms. The third kappa shape index (κ3) is 2.56. The minimum absolute atomic E-state index is 0.446. The van der Waals surface area contributed by atoms with E-state index in [2.05, 4.69) is 9.97 Å². The molecule has 0 saturated carbocycles. The third-order valence-corrected chi connectivity index (χ3v) is 3.38. The molecular formula is C17H15N3O. The van der Waals surface area contributed by atoms with Crippen LogP contribution in [-0.4, -0.2) is 15.9 Å². The second kappa shape index (κ2) is 5.25. The van der Waals surface area contributed by atoms with E-state index in [1.165, 1.54) is 0 Å². The van der Waals surface area contributed by atoms with Crippen LogP contribution in [0.15, 0.2) is 48.8 Å². The lowest BCUT2D eigenvalue weighted by molar-refractivity contribution is -0.112. The number of nitrogens with two attached hydrogens (primary N) is 1. The molecule has 3 aromatic rings. The molecule has 1 aromatic carbocycles. The summed E-state index contributed by atoms with van der Waals surface area (Å²) in [6, 6.07) is 11.6. The van der Waals surface area contributed by atoms with Crippen molar-refractivity contribution in [3.63, 3.8) is 0 Å². The zero-order valence-electron chi connectivity index (χ0n) is 11.6. The van der Waals surface area contributed by atoms with Gasteiger partial charge in [0.15, 0.2) is 0 Å². The predicted octanol–water partition coefficient (Wildman–Crippen LogP) is 2.90. The smallest absolute Gasteiger partial charge is 0.249 e. The Balaban J connectivity index is 2.15. The number of hydrogen-bond donors (Lipinski definition) is 2. The van der Waals surface area contributed by atoms with Gasteiger partial charge in [0.2, 0.25) is 5.91 Å². The van der Waals surface area contributed by atoms with Crippen LogP contribution >= 0.6 is 0 Å². The Morgan fingerprint density at radius 2 is 2.14 bits per heavy atom. The fourth-order valence-electron chi connectivity index (χ4n) is 2.36. The minimum atomic E-state index is -0.446. The number of pyridine rings is 1. The molecule has 4 nitrogen and oxygen atoms in total. The topological polar surface area (TPSA) is 71.8 Å². The number of carbonyl (C=O) groups is 1. The van der Waals surface area contributed by atoms with E-state index >= 15 is 0 Å². The van der Waals surface area contributed by atoms with Gasteiger partial charge >= 0.3 is 0 Å². The number of amides is 1. The lowest BCUT2D eigenvalue weighted by atomic mass is 10.0. The number of nitrogens with zero attached hydrogens (tertiary/aromatic N) is 1. The zero-order chi connectivity index (χ0) is 14.8. The van der Waals surface area contributed by atoms with Gasteiger partial charge in [-0.05, 0) is 30.7 Å². The molecule has 3 rings (SSSR count). The van der Waals surface area contributed by atoms with Gasteiger partial charge in [0.25, 0.3) is 0 Å². The lowest BCUT2D eigenvalue weighted by Crippen LogP contribution is -2.12. The normalized spacial score (nSPS) is 11.8. The van der Waals surface area contributed by atoms with Crippen LogP contribution in [0.5, 0.6) is 0 Å². The van der Waals surface area contributed by atoms with Gasteiger partial charge < -0.3 is 10.7 Å². The zero-order valence-corrected chi connectivity index (χ0v) is 11.6. The van der Waals surface area contributed by atoms with Gasteiger partial charge in [-0.2, -0.15) is 0 Å². The summed E-state index contributed by atoms with van der Waals surface area (Å²) in [7, 11) is 0. The largest absolute Gasteiger partial charge is 0.366 e. The second-order valence-electron chi connectivity index (χ2n) is 4.94. The number of carbonyl (C=O) groups excluding carboxylic acids is 1. The van der Waals surface area contributed by atoms with E-state index in [-0.39, 0.29) is 0 Å². The van der Waals surface area contributed by atoms with Gasteiger partial charge in [-0.1, -0.05) is 29.8 Å². The molecule has 0 bridgehead atoms. The average Bonchev–Trinajstić information content (AvgIpc) is 2.87. The molecular weight excluding hydrogens is 262 g/mol. The van der Waals surface area contributed by atoms with Gasteiger partial charge in [0.05, 0.1) is 0 Å². The maximum atomic E-state index is 11.8. The summed E-state index contributed by atoms with van der Waals surface area (Å²) in [5.74, 6) is -0.446. The Morgan fingerprint density at radius 3 is 2.90 bits per heavy atom. The summed E-state index contributed by atoms with van der Waals surface area (Å²) in [5.41, 5.74) is 9.62. The first-order chi connectivity index (χ1) is 10.1. The number of fused-ring (bicyclic) bond motifs is 1. The highest BCUT2D eigenvalue weighted by atomic mass is 16.1. The van der Waals surface area contributed by atoms with E-state index in [1.807, 2.05) is 49.5 Å². The van der Waals surface area contributed by atoms with Crippen molar-refractivity contribution in [2.24, 2.45) is 5.73 Å². The molecule has 0 aliphatic rings. The van der Waals surface area contributed by atoms with Gasteiger partial charge in [-0.15, -0.1) is 0 Å². The molecule has 0 saturated heterocycles. The maximum Gasteiger partial charge on any atom is 0.249 e. The molecule has 0 fully saturated rings. The molecule has 0 spiro atoms. The molecule has 0 aliphatic carbocycles. The Hall–Kier alpha value is -2.88. The molecule has 1 amide bonds. The summed E-state index contributed by atoms with van der Waals surface area (Å²) in [4.78, 5) is 19.1. The molecule has 21 heavy (non-hydrogen) atoms. The summed E-state index contributed by atoms with van der Waals surface area (Å²) < 4.78 is 0. The van der Waals surface area contributed by atoms with Crippen LogP contribution in [0.25, 0.3) is 22.7 Å². The summed E-state index contributed by atoms with van der Waals surface area (Å²) in [6.07, 6.45) is 5.36. The third-order valence-electron chi connectivity index (χ3n) is 3.38. The van der Waals surface area contributed by atoms with E-state index in [1.54, 1.807) is 12.3 Å². The van der Waals surface area contributed by atoms with Crippen LogP contribution in [0, 0.1) is 6.92 Å². The summed E-state index contributed by atoms with van der Waals surface area (Å²) in [5, 5.41) is 0.962. The van der Waals surface area contributed by atoms with Crippen LogP contribution in [0.3, 0.4) is 0 Å². The number of hydrogen-bond acceptors (Lipinski definition) is 2. The Morgan fingerprint density at radius 1 is 1.29 bits per heavy atom. The number of primary amides is 1. The van der Waals surface area contributed by atoms with Crippen molar-refractivity contribution < 1.29 is 4.79 Å². The molecule has 0 atom stereocenters. The molecule has 3 N–H and O–H groups in total. The van der Waals surface area contributed by atoms with Crippen molar-refractivity contribution in [1.29, 1.82) is 0 Å². The highest BCUT2D eigenvalue weighted by Crippen LogP contribution is 2.23. The van der Waals surface area contributed by atoms with Gasteiger partial charge in [0, 0.05) is 28.9 Å². The van der Waals surface area contributed by atoms with Crippen molar-refractivity contribution in [3.05, 3.63) is 65.5 Å². The Labute approximate surface area is 122 Å². The van der Waals surface area contributed by atoms with Crippen LogP contribution < -0.4 is 5.73 Å². The highest BCUT2D eigenvalue weighted by Gasteiger charge is 2.10. The lowest BCUT2D eigenvalue weighted by Gasteiger charge is -2.05. The fraction of sp³-hybridized carbons (Fsp3) is 0.0588. The number of nitrogens with one attached hydrogen (secondary N) is 1. The standard InChI is InChI=1S/C17H15N3O/c1-11-4-2-5-12(8-11)15(16(18)21)9-13-10-20-17-14(13)6-3-7-19-17/h2-10H,1H3,(H2,18,21)(H,19,20). The maximum absolute atomic E-state index is 11.8. The van der Waals surface area contributed by atoms with E-state index in [0.29, 0.717) is 5.57 Å². The number of aryl methyl sites for hydroxylation is 1. The van der Waals surface area contributed by atoms with Crippen molar-refractivity contribution in [1.82, 2.24) is 9.97 Å². The highest BCUT2D eigenvalue weighted by molar-refractivity contribution is 6.24. The van der Waals surface area contributed by atoms with Crippen LogP contribution in [0.1, 0.15) is 16.7 Å². The van der Waals surface area contributed by atoms with Gasteiger partial charge in [0.1, 0.15) is 5.65 Å². The number of H-pyrrole nitrogens is 1. The number of aromatic amines is 1. The van der Waals surface area contributed by atoms with Crippen LogP contribution in [0.4, 0.5) is 0 Å². The molecule has 0 aliphatic heterocycles. The SMILES string of the molecule is Cc1cccc(C(=Cc2c[nH]c3ncccc23)C(N)=O)c1. The predicted molar refractivity (Wildman–Crippen MR) is 84.3 cm³/mol.